The Labute approximate surface area is 143 Å². The highest BCUT2D eigenvalue weighted by atomic mass is 16.5. The Morgan fingerprint density at radius 1 is 1.29 bits per heavy atom. The fraction of sp³-hybridized carbons (Fsp3) is 0.444. The minimum Gasteiger partial charge on any atom is -0.492 e. The third kappa shape index (κ3) is 5.30. The lowest BCUT2D eigenvalue weighted by Gasteiger charge is -2.21. The van der Waals surface area contributed by atoms with Crippen molar-refractivity contribution in [3.63, 3.8) is 0 Å². The van der Waals surface area contributed by atoms with Crippen molar-refractivity contribution in [1.82, 2.24) is 15.2 Å². The quantitative estimate of drug-likeness (QED) is 0.625. The average Bonchev–Trinajstić information content (AvgIpc) is 2.90. The summed E-state index contributed by atoms with van der Waals surface area (Å²) in [7, 11) is 1.99. The summed E-state index contributed by atoms with van der Waals surface area (Å²) in [5, 5.41) is 3.27. The molecular weight excluding hydrogens is 304 g/mol. The number of aliphatic imine (C=N–C) groups is 1. The first-order valence-electron chi connectivity index (χ1n) is 8.20. The maximum atomic E-state index is 5.73. The highest BCUT2D eigenvalue weighted by molar-refractivity contribution is 5.79. The van der Waals surface area contributed by atoms with Gasteiger partial charge in [-0.2, -0.15) is 0 Å². The van der Waals surface area contributed by atoms with Crippen LogP contribution in [-0.4, -0.2) is 42.6 Å². The van der Waals surface area contributed by atoms with Gasteiger partial charge < -0.3 is 19.4 Å². The third-order valence-corrected chi connectivity index (χ3v) is 3.57. The number of aromatic nitrogens is 1. The molecule has 0 spiro atoms. The van der Waals surface area contributed by atoms with E-state index in [9.17, 15) is 0 Å². The van der Waals surface area contributed by atoms with E-state index in [-0.39, 0.29) is 0 Å². The van der Waals surface area contributed by atoms with Gasteiger partial charge in [0.15, 0.2) is 5.96 Å². The minimum absolute atomic E-state index is 0.418. The maximum Gasteiger partial charge on any atom is 0.216 e. The molecule has 6 heteroatoms. The third-order valence-electron chi connectivity index (χ3n) is 3.57. The summed E-state index contributed by atoms with van der Waals surface area (Å²) >= 11 is 0. The lowest BCUT2D eigenvalue weighted by molar-refractivity contribution is 0.281. The van der Waals surface area contributed by atoms with Crippen LogP contribution in [0.15, 0.2) is 39.7 Å². The van der Waals surface area contributed by atoms with E-state index in [1.54, 1.807) is 0 Å². The Morgan fingerprint density at radius 2 is 2.04 bits per heavy atom. The number of rotatable bonds is 7. The van der Waals surface area contributed by atoms with E-state index in [2.05, 4.69) is 15.3 Å². The molecule has 2 rings (SSSR count). The summed E-state index contributed by atoms with van der Waals surface area (Å²) < 4.78 is 11.3. The second kappa shape index (κ2) is 8.96. The molecule has 0 radical (unpaired) electrons. The zero-order valence-electron chi connectivity index (χ0n) is 14.9. The van der Waals surface area contributed by atoms with Crippen molar-refractivity contribution >= 4 is 5.96 Å². The number of benzene rings is 1. The van der Waals surface area contributed by atoms with Gasteiger partial charge >= 0.3 is 0 Å². The van der Waals surface area contributed by atoms with Crippen molar-refractivity contribution in [3.05, 3.63) is 47.7 Å². The lowest BCUT2D eigenvalue weighted by atomic mass is 10.3. The minimum atomic E-state index is 0.418. The molecule has 0 aliphatic rings. The second-order valence-corrected chi connectivity index (χ2v) is 5.50. The van der Waals surface area contributed by atoms with Gasteiger partial charge in [0.05, 0.1) is 12.2 Å². The second-order valence-electron chi connectivity index (χ2n) is 5.50. The highest BCUT2D eigenvalue weighted by Crippen LogP contribution is 2.10. The van der Waals surface area contributed by atoms with E-state index in [1.807, 2.05) is 63.1 Å². The Kier molecular flexibility index (Phi) is 6.66. The number of aryl methyl sites for hydroxylation is 2. The fourth-order valence-corrected chi connectivity index (χ4v) is 2.14. The van der Waals surface area contributed by atoms with E-state index in [1.165, 1.54) is 0 Å². The zero-order valence-corrected chi connectivity index (χ0v) is 14.9. The number of nitrogens with one attached hydrogen (secondary N) is 1. The molecule has 0 aliphatic carbocycles. The van der Waals surface area contributed by atoms with E-state index in [0.29, 0.717) is 19.0 Å². The van der Waals surface area contributed by atoms with Crippen LogP contribution in [0.4, 0.5) is 0 Å². The predicted molar refractivity (Wildman–Crippen MR) is 95.4 cm³/mol. The first kappa shape index (κ1) is 17.8. The number of hydrogen-bond donors (Lipinski definition) is 1. The number of guanidine groups is 1. The van der Waals surface area contributed by atoms with Crippen LogP contribution in [-0.2, 0) is 6.54 Å². The van der Waals surface area contributed by atoms with Gasteiger partial charge in [-0.3, -0.25) is 0 Å². The molecule has 0 atom stereocenters. The van der Waals surface area contributed by atoms with Crippen molar-refractivity contribution < 1.29 is 9.15 Å². The van der Waals surface area contributed by atoms with Gasteiger partial charge in [-0.15, -0.1) is 0 Å². The summed E-state index contributed by atoms with van der Waals surface area (Å²) in [6.45, 7) is 8.42. The molecule has 1 aromatic carbocycles. The molecule has 1 heterocycles. The molecule has 0 saturated heterocycles. The molecule has 24 heavy (non-hydrogen) atoms. The van der Waals surface area contributed by atoms with Gasteiger partial charge in [-0.25, -0.2) is 9.98 Å². The Morgan fingerprint density at radius 3 is 2.67 bits per heavy atom. The van der Waals surface area contributed by atoms with Crippen LogP contribution in [0.2, 0.25) is 0 Å². The van der Waals surface area contributed by atoms with Gasteiger partial charge in [0.1, 0.15) is 24.7 Å². The summed E-state index contributed by atoms with van der Waals surface area (Å²) in [5.41, 5.74) is 0.912. The van der Waals surface area contributed by atoms with Crippen LogP contribution in [0.1, 0.15) is 24.3 Å². The monoisotopic (exact) mass is 330 g/mol. The fourth-order valence-electron chi connectivity index (χ4n) is 2.14. The van der Waals surface area contributed by atoms with Crippen LogP contribution < -0.4 is 10.1 Å². The summed E-state index contributed by atoms with van der Waals surface area (Å²) in [6, 6.07) is 9.80. The zero-order chi connectivity index (χ0) is 17.4. The molecule has 0 bridgehead atoms. The molecular formula is C18H26N4O2. The first-order chi connectivity index (χ1) is 11.6. The van der Waals surface area contributed by atoms with Gasteiger partial charge in [-0.1, -0.05) is 18.2 Å². The van der Waals surface area contributed by atoms with Crippen molar-refractivity contribution in [3.8, 4) is 5.75 Å². The number of ether oxygens (including phenoxy) is 1. The standard InChI is InChI=1S/C18H26N4O2/c1-5-19-18(20-13-17-21-14(2)15(3)24-17)22(4)11-12-23-16-9-7-6-8-10-16/h6-10H,5,11-13H2,1-4H3,(H,19,20). The van der Waals surface area contributed by atoms with E-state index in [0.717, 1.165) is 36.3 Å². The molecule has 0 aliphatic heterocycles. The average molecular weight is 330 g/mol. The molecule has 0 fully saturated rings. The molecule has 0 unspecified atom stereocenters. The van der Waals surface area contributed by atoms with Crippen molar-refractivity contribution in [2.24, 2.45) is 4.99 Å². The molecule has 1 aromatic heterocycles. The SMILES string of the molecule is CCNC(=NCc1nc(C)c(C)o1)N(C)CCOc1ccccc1. The van der Waals surface area contributed by atoms with Crippen molar-refractivity contribution in [1.29, 1.82) is 0 Å². The van der Waals surface area contributed by atoms with Crippen LogP contribution in [0.3, 0.4) is 0 Å². The Balaban J connectivity index is 1.89. The molecule has 130 valence electrons. The maximum absolute atomic E-state index is 5.73. The lowest BCUT2D eigenvalue weighted by Crippen LogP contribution is -2.40. The van der Waals surface area contributed by atoms with Crippen LogP contribution in [0.25, 0.3) is 0 Å². The Bertz CT molecular complexity index is 633. The van der Waals surface area contributed by atoms with Gasteiger partial charge in [-0.05, 0) is 32.9 Å². The first-order valence-corrected chi connectivity index (χ1v) is 8.20. The number of oxazole rings is 1. The largest absolute Gasteiger partial charge is 0.492 e. The van der Waals surface area contributed by atoms with E-state index in [4.69, 9.17) is 9.15 Å². The number of nitrogens with zero attached hydrogens (tertiary/aromatic N) is 3. The van der Waals surface area contributed by atoms with Gasteiger partial charge in [0, 0.05) is 13.6 Å². The summed E-state index contributed by atoms with van der Waals surface area (Å²) in [5.74, 6) is 3.16. The van der Waals surface area contributed by atoms with E-state index < -0.39 is 0 Å². The summed E-state index contributed by atoms with van der Waals surface area (Å²) in [6.07, 6.45) is 0. The number of hydrogen-bond acceptors (Lipinski definition) is 4. The Hall–Kier alpha value is -2.50. The molecule has 1 N–H and O–H groups in total. The highest BCUT2D eigenvalue weighted by Gasteiger charge is 2.08. The predicted octanol–water partition coefficient (Wildman–Crippen LogP) is 2.77. The van der Waals surface area contributed by atoms with Crippen molar-refractivity contribution in [2.45, 2.75) is 27.3 Å². The van der Waals surface area contributed by atoms with Gasteiger partial charge in [0.2, 0.25) is 5.89 Å². The summed E-state index contributed by atoms with van der Waals surface area (Å²) in [4.78, 5) is 11.0. The molecule has 2 aromatic rings. The normalized spacial score (nSPS) is 11.4. The molecule has 0 saturated carbocycles. The van der Waals surface area contributed by atoms with Crippen LogP contribution in [0, 0.1) is 13.8 Å². The van der Waals surface area contributed by atoms with Crippen LogP contribution in [0.5, 0.6) is 5.75 Å². The topological polar surface area (TPSA) is 62.9 Å². The molecule has 0 amide bonds. The number of likely N-dealkylation sites (N-methyl/N-ethyl adjacent to an activating group) is 1. The number of para-hydroxylation sites is 1. The van der Waals surface area contributed by atoms with Crippen molar-refractivity contribution in [2.75, 3.05) is 26.7 Å². The van der Waals surface area contributed by atoms with E-state index >= 15 is 0 Å². The smallest absolute Gasteiger partial charge is 0.216 e. The van der Waals surface area contributed by atoms with Gasteiger partial charge in [0.25, 0.3) is 0 Å². The molecule has 6 nitrogen and oxygen atoms in total. The van der Waals surface area contributed by atoms with Crippen LogP contribution >= 0.6 is 0 Å².